The lowest BCUT2D eigenvalue weighted by atomic mass is 10.1. The molecule has 3 aromatic carbocycles. The fraction of sp³-hybridized carbons (Fsp3) is 0.0455. The average Bonchev–Trinajstić information content (AvgIpc) is 3.28. The Kier molecular flexibility index (Phi) is 6.19. The third-order valence-electron chi connectivity index (χ3n) is 4.04. The molecule has 0 aliphatic heterocycles. The van der Waals surface area contributed by atoms with Gasteiger partial charge in [0.1, 0.15) is 17.9 Å². The van der Waals surface area contributed by atoms with Crippen LogP contribution in [0.15, 0.2) is 93.6 Å². The molecule has 0 fully saturated rings. The zero-order chi connectivity index (χ0) is 19.9. The Morgan fingerprint density at radius 1 is 0.966 bits per heavy atom. The second-order valence-electron chi connectivity index (χ2n) is 6.06. The van der Waals surface area contributed by atoms with Gasteiger partial charge in [-0.3, -0.25) is 4.79 Å². The molecule has 0 unspecified atom stereocenters. The predicted molar refractivity (Wildman–Crippen MR) is 116 cm³/mol. The SMILES string of the molecule is O=C(Nc1ccccc1Sc1nncs1)c1ccc(COc2ccccc2)cc1. The Balaban J connectivity index is 1.40. The molecule has 0 aliphatic carbocycles. The third-order valence-corrected chi connectivity index (χ3v) is 5.89. The summed E-state index contributed by atoms with van der Waals surface area (Å²) < 4.78 is 6.57. The first kappa shape index (κ1) is 19.2. The van der Waals surface area contributed by atoms with Crippen LogP contribution in [0.5, 0.6) is 5.75 Å². The van der Waals surface area contributed by atoms with Gasteiger partial charge in [0.25, 0.3) is 5.91 Å². The molecule has 144 valence electrons. The summed E-state index contributed by atoms with van der Waals surface area (Å²) in [5.74, 6) is 0.657. The summed E-state index contributed by atoms with van der Waals surface area (Å²) in [5.41, 5.74) is 4.02. The highest BCUT2D eigenvalue weighted by Crippen LogP contribution is 2.34. The highest BCUT2D eigenvalue weighted by Gasteiger charge is 2.11. The van der Waals surface area contributed by atoms with E-state index in [0.29, 0.717) is 12.2 Å². The van der Waals surface area contributed by atoms with E-state index in [2.05, 4.69) is 15.5 Å². The number of benzene rings is 3. The van der Waals surface area contributed by atoms with E-state index in [4.69, 9.17) is 4.74 Å². The molecule has 4 aromatic rings. The first-order valence-corrected chi connectivity index (χ1v) is 10.6. The Labute approximate surface area is 176 Å². The molecule has 1 amide bonds. The lowest BCUT2D eigenvalue weighted by Crippen LogP contribution is -2.12. The summed E-state index contributed by atoms with van der Waals surface area (Å²) in [5, 5.41) is 10.9. The van der Waals surface area contributed by atoms with Crippen LogP contribution in [0.3, 0.4) is 0 Å². The van der Waals surface area contributed by atoms with E-state index in [0.717, 1.165) is 26.2 Å². The summed E-state index contributed by atoms with van der Waals surface area (Å²) in [7, 11) is 0. The molecule has 7 heteroatoms. The zero-order valence-electron chi connectivity index (χ0n) is 15.3. The van der Waals surface area contributed by atoms with E-state index >= 15 is 0 Å². The molecule has 0 aliphatic rings. The molecule has 0 saturated heterocycles. The second-order valence-corrected chi connectivity index (χ2v) is 8.18. The first-order valence-electron chi connectivity index (χ1n) is 8.89. The quantitative estimate of drug-likeness (QED) is 0.427. The van der Waals surface area contributed by atoms with Gasteiger partial charge in [0, 0.05) is 10.5 Å². The number of hydrogen-bond donors (Lipinski definition) is 1. The van der Waals surface area contributed by atoms with Gasteiger partial charge in [-0.25, -0.2) is 0 Å². The van der Waals surface area contributed by atoms with Crippen molar-refractivity contribution in [1.82, 2.24) is 10.2 Å². The zero-order valence-corrected chi connectivity index (χ0v) is 17.0. The van der Waals surface area contributed by atoms with E-state index in [-0.39, 0.29) is 5.91 Å². The van der Waals surface area contributed by atoms with Crippen molar-refractivity contribution in [2.75, 3.05) is 5.32 Å². The van der Waals surface area contributed by atoms with Crippen LogP contribution < -0.4 is 10.1 Å². The number of nitrogens with one attached hydrogen (secondary N) is 1. The fourth-order valence-electron chi connectivity index (χ4n) is 2.59. The van der Waals surface area contributed by atoms with Gasteiger partial charge in [-0.15, -0.1) is 10.2 Å². The number of amides is 1. The smallest absolute Gasteiger partial charge is 0.255 e. The van der Waals surface area contributed by atoms with Gasteiger partial charge in [-0.05, 0) is 42.0 Å². The molecule has 0 spiro atoms. The predicted octanol–water partition coefficient (Wildman–Crippen LogP) is 5.52. The van der Waals surface area contributed by atoms with Crippen LogP contribution in [0, 0.1) is 0 Å². The molecule has 0 saturated carbocycles. The Bertz CT molecular complexity index is 1070. The summed E-state index contributed by atoms with van der Waals surface area (Å²) in [6.07, 6.45) is 0. The molecule has 0 atom stereocenters. The van der Waals surface area contributed by atoms with E-state index in [9.17, 15) is 4.79 Å². The van der Waals surface area contributed by atoms with E-state index in [1.54, 1.807) is 17.6 Å². The molecular weight excluding hydrogens is 402 g/mol. The number of hydrogen-bond acceptors (Lipinski definition) is 6. The molecule has 1 aromatic heterocycles. The average molecular weight is 420 g/mol. The maximum atomic E-state index is 12.7. The highest BCUT2D eigenvalue weighted by atomic mass is 32.2. The molecule has 5 nitrogen and oxygen atoms in total. The van der Waals surface area contributed by atoms with Crippen LogP contribution in [0.2, 0.25) is 0 Å². The Hall–Kier alpha value is -3.16. The standard InChI is InChI=1S/C22H17N3O2S2/c26-21(24-19-8-4-5-9-20(19)29-22-25-23-15-28-22)17-12-10-16(11-13-17)14-27-18-6-2-1-3-7-18/h1-13,15H,14H2,(H,24,26). The van der Waals surface area contributed by atoms with Crippen LogP contribution in [0.25, 0.3) is 0 Å². The van der Waals surface area contributed by atoms with Gasteiger partial charge in [-0.1, -0.05) is 65.6 Å². The second kappa shape index (κ2) is 9.36. The molecule has 1 heterocycles. The van der Waals surface area contributed by atoms with Crippen molar-refractivity contribution >= 4 is 34.7 Å². The molecule has 29 heavy (non-hydrogen) atoms. The summed E-state index contributed by atoms with van der Waals surface area (Å²) in [6.45, 7) is 0.452. The minimum atomic E-state index is -0.161. The van der Waals surface area contributed by atoms with Crippen molar-refractivity contribution in [3.05, 3.63) is 95.5 Å². The number of ether oxygens (including phenoxy) is 1. The lowest BCUT2D eigenvalue weighted by Gasteiger charge is -2.10. The van der Waals surface area contributed by atoms with Gasteiger partial charge >= 0.3 is 0 Å². The van der Waals surface area contributed by atoms with Gasteiger partial charge in [0.2, 0.25) is 0 Å². The summed E-state index contributed by atoms with van der Waals surface area (Å²) in [4.78, 5) is 13.6. The molecular formula is C22H17N3O2S2. The maximum Gasteiger partial charge on any atom is 0.255 e. The number of nitrogens with zero attached hydrogens (tertiary/aromatic N) is 2. The van der Waals surface area contributed by atoms with E-state index < -0.39 is 0 Å². The van der Waals surface area contributed by atoms with Crippen molar-refractivity contribution in [2.45, 2.75) is 15.8 Å². The monoisotopic (exact) mass is 419 g/mol. The largest absolute Gasteiger partial charge is 0.489 e. The van der Waals surface area contributed by atoms with Crippen molar-refractivity contribution in [2.24, 2.45) is 0 Å². The summed E-state index contributed by atoms with van der Waals surface area (Å²) in [6, 6.07) is 24.7. The van der Waals surface area contributed by atoms with Crippen molar-refractivity contribution in [3.63, 3.8) is 0 Å². The van der Waals surface area contributed by atoms with E-state index in [1.807, 2.05) is 66.7 Å². The van der Waals surface area contributed by atoms with Crippen molar-refractivity contribution in [1.29, 1.82) is 0 Å². The van der Waals surface area contributed by atoms with Gasteiger partial charge in [-0.2, -0.15) is 0 Å². The number of carbonyl (C=O) groups excluding carboxylic acids is 1. The topological polar surface area (TPSA) is 64.1 Å². The minimum Gasteiger partial charge on any atom is -0.489 e. The molecule has 1 N–H and O–H groups in total. The normalized spacial score (nSPS) is 10.5. The number of rotatable bonds is 7. The third kappa shape index (κ3) is 5.22. The Morgan fingerprint density at radius 3 is 2.48 bits per heavy atom. The van der Waals surface area contributed by atoms with Gasteiger partial charge in [0.15, 0.2) is 4.34 Å². The van der Waals surface area contributed by atoms with Crippen LogP contribution in [-0.2, 0) is 6.61 Å². The van der Waals surface area contributed by atoms with Crippen molar-refractivity contribution in [3.8, 4) is 5.75 Å². The first-order chi connectivity index (χ1) is 14.3. The highest BCUT2D eigenvalue weighted by molar-refractivity contribution is 8.01. The fourth-order valence-corrected chi connectivity index (χ4v) is 4.11. The lowest BCUT2D eigenvalue weighted by molar-refractivity contribution is 0.102. The van der Waals surface area contributed by atoms with Crippen LogP contribution in [-0.4, -0.2) is 16.1 Å². The molecule has 0 bridgehead atoms. The number of anilines is 1. The molecule has 0 radical (unpaired) electrons. The van der Waals surface area contributed by atoms with E-state index in [1.165, 1.54) is 23.1 Å². The van der Waals surface area contributed by atoms with Crippen molar-refractivity contribution < 1.29 is 9.53 Å². The number of para-hydroxylation sites is 2. The minimum absolute atomic E-state index is 0.161. The van der Waals surface area contributed by atoms with Gasteiger partial charge < -0.3 is 10.1 Å². The van der Waals surface area contributed by atoms with Crippen LogP contribution in [0.1, 0.15) is 15.9 Å². The Morgan fingerprint density at radius 2 is 1.72 bits per heavy atom. The number of carbonyl (C=O) groups is 1. The molecule has 4 rings (SSSR count). The van der Waals surface area contributed by atoms with Gasteiger partial charge in [0.05, 0.1) is 5.69 Å². The maximum absolute atomic E-state index is 12.7. The van der Waals surface area contributed by atoms with Crippen LogP contribution >= 0.6 is 23.1 Å². The summed E-state index contributed by atoms with van der Waals surface area (Å²) >= 11 is 2.94. The number of aromatic nitrogens is 2. The van der Waals surface area contributed by atoms with Crippen LogP contribution in [0.4, 0.5) is 5.69 Å².